The summed E-state index contributed by atoms with van der Waals surface area (Å²) >= 11 is 0. The molecule has 0 unspecified atom stereocenters. The Hall–Kier alpha value is -0.610. The highest BCUT2D eigenvalue weighted by molar-refractivity contribution is 5.45. The van der Waals surface area contributed by atoms with Crippen LogP contribution in [0.1, 0.15) is 19.3 Å². The quantitative estimate of drug-likeness (QED) is 0.462. The second-order valence-electron chi connectivity index (χ2n) is 3.87. The molecule has 1 fully saturated rings. The summed E-state index contributed by atoms with van der Waals surface area (Å²) in [5.74, 6) is 0.748. The van der Waals surface area contributed by atoms with E-state index in [9.17, 15) is 4.79 Å². The molecule has 82 valence electrons. The van der Waals surface area contributed by atoms with E-state index in [1.165, 1.54) is 12.8 Å². The molecule has 1 aliphatic heterocycles. The fourth-order valence-electron chi connectivity index (χ4n) is 1.99. The Morgan fingerprint density at radius 2 is 2.14 bits per heavy atom. The van der Waals surface area contributed by atoms with Gasteiger partial charge in [0.25, 0.3) is 0 Å². The van der Waals surface area contributed by atoms with Crippen LogP contribution in [0.2, 0.25) is 0 Å². The lowest BCUT2D eigenvalue weighted by atomic mass is 9.93. The Bertz CT molecular complexity index is 156. The van der Waals surface area contributed by atoms with Gasteiger partial charge in [0.15, 0.2) is 0 Å². The van der Waals surface area contributed by atoms with Gasteiger partial charge in [-0.3, -0.25) is 4.79 Å². The molecule has 1 saturated heterocycles. The summed E-state index contributed by atoms with van der Waals surface area (Å²) in [5, 5.41) is 11.5. The molecule has 4 nitrogen and oxygen atoms in total. The molecule has 0 radical (unpaired) electrons. The average molecular weight is 200 g/mol. The minimum atomic E-state index is 0.261. The molecule has 0 atom stereocenters. The lowest BCUT2D eigenvalue weighted by Gasteiger charge is -2.31. The van der Waals surface area contributed by atoms with Gasteiger partial charge in [-0.05, 0) is 38.3 Å². The van der Waals surface area contributed by atoms with E-state index < -0.39 is 0 Å². The molecule has 0 bridgehead atoms. The topological polar surface area (TPSA) is 52.6 Å². The molecule has 2 N–H and O–H groups in total. The van der Waals surface area contributed by atoms with Crippen LogP contribution in [-0.2, 0) is 4.79 Å². The molecule has 0 aromatic carbocycles. The molecule has 0 spiro atoms. The Morgan fingerprint density at radius 3 is 2.71 bits per heavy atom. The van der Waals surface area contributed by atoms with Gasteiger partial charge in [0.05, 0.1) is 6.61 Å². The zero-order valence-corrected chi connectivity index (χ0v) is 8.61. The molecule has 1 heterocycles. The molecule has 0 aliphatic carbocycles. The average Bonchev–Trinajstić information content (AvgIpc) is 2.21. The van der Waals surface area contributed by atoms with Gasteiger partial charge in [-0.1, -0.05) is 0 Å². The smallest absolute Gasteiger partial charge is 0.207 e. The highest BCUT2D eigenvalue weighted by Gasteiger charge is 2.17. The Balaban J connectivity index is 2.06. The first-order valence-electron chi connectivity index (χ1n) is 5.37. The van der Waals surface area contributed by atoms with Gasteiger partial charge in [0.1, 0.15) is 0 Å². The summed E-state index contributed by atoms with van der Waals surface area (Å²) in [4.78, 5) is 12.3. The molecule has 0 aromatic rings. The Kier molecular flexibility index (Phi) is 5.56. The van der Waals surface area contributed by atoms with Crippen molar-refractivity contribution < 1.29 is 9.90 Å². The van der Waals surface area contributed by atoms with Crippen LogP contribution >= 0.6 is 0 Å². The summed E-state index contributed by atoms with van der Waals surface area (Å²) < 4.78 is 0. The van der Waals surface area contributed by atoms with E-state index in [2.05, 4.69) is 10.2 Å². The Morgan fingerprint density at radius 1 is 1.43 bits per heavy atom. The number of carbonyl (C=O) groups excluding carboxylic acids is 1. The number of rotatable bonds is 6. The number of β-amino-alcohol motifs (C(OH)–C–C–N with tert-alkyl or cyclic N) is 1. The highest BCUT2D eigenvalue weighted by atomic mass is 16.3. The molecule has 1 rings (SSSR count). The van der Waals surface area contributed by atoms with Gasteiger partial charge in [-0.25, -0.2) is 0 Å². The maximum atomic E-state index is 10.0. The van der Waals surface area contributed by atoms with Gasteiger partial charge in [-0.2, -0.15) is 0 Å². The molecular formula is C10H20N2O2. The Labute approximate surface area is 85.3 Å². The van der Waals surface area contributed by atoms with Crippen molar-refractivity contribution in [3.8, 4) is 0 Å². The summed E-state index contributed by atoms with van der Waals surface area (Å²) in [7, 11) is 0. The fraction of sp³-hybridized carbons (Fsp3) is 0.900. The predicted octanol–water partition coefficient (Wildman–Crippen LogP) is -0.173. The van der Waals surface area contributed by atoms with Crippen molar-refractivity contribution >= 4 is 6.41 Å². The number of nitrogens with zero attached hydrogens (tertiary/aromatic N) is 1. The van der Waals surface area contributed by atoms with E-state index in [1.807, 2.05) is 0 Å². The minimum absolute atomic E-state index is 0.261. The van der Waals surface area contributed by atoms with Crippen molar-refractivity contribution in [2.45, 2.75) is 19.3 Å². The van der Waals surface area contributed by atoms with Crippen molar-refractivity contribution in [2.75, 3.05) is 32.8 Å². The highest BCUT2D eigenvalue weighted by Crippen LogP contribution is 2.19. The first-order valence-corrected chi connectivity index (χ1v) is 5.37. The molecule has 4 heteroatoms. The van der Waals surface area contributed by atoms with Crippen LogP contribution in [-0.4, -0.2) is 49.2 Å². The summed E-state index contributed by atoms with van der Waals surface area (Å²) in [6, 6.07) is 0. The lowest BCUT2D eigenvalue weighted by molar-refractivity contribution is -0.109. The third-order valence-electron chi connectivity index (χ3n) is 2.90. The molecule has 1 amide bonds. The third kappa shape index (κ3) is 4.07. The number of aliphatic hydroxyl groups is 1. The second kappa shape index (κ2) is 6.79. The molecule has 14 heavy (non-hydrogen) atoms. The van der Waals surface area contributed by atoms with E-state index in [1.54, 1.807) is 0 Å². The zero-order chi connectivity index (χ0) is 10.2. The van der Waals surface area contributed by atoms with Gasteiger partial charge < -0.3 is 15.3 Å². The van der Waals surface area contributed by atoms with Crippen LogP contribution in [0.4, 0.5) is 0 Å². The van der Waals surface area contributed by atoms with Gasteiger partial charge in [-0.15, -0.1) is 0 Å². The van der Waals surface area contributed by atoms with Crippen LogP contribution in [0, 0.1) is 5.92 Å². The normalized spacial score (nSPS) is 19.5. The summed E-state index contributed by atoms with van der Waals surface area (Å²) in [6.07, 6.45) is 4.24. The van der Waals surface area contributed by atoms with E-state index in [-0.39, 0.29) is 6.61 Å². The minimum Gasteiger partial charge on any atom is -0.395 e. The largest absolute Gasteiger partial charge is 0.395 e. The predicted molar refractivity (Wildman–Crippen MR) is 54.9 cm³/mol. The van der Waals surface area contributed by atoms with Crippen molar-refractivity contribution in [3.63, 3.8) is 0 Å². The first-order chi connectivity index (χ1) is 6.86. The fourth-order valence-corrected chi connectivity index (χ4v) is 1.99. The number of piperidine rings is 1. The maximum Gasteiger partial charge on any atom is 0.207 e. The van der Waals surface area contributed by atoms with Crippen molar-refractivity contribution in [1.82, 2.24) is 10.2 Å². The van der Waals surface area contributed by atoms with Crippen LogP contribution in [0.5, 0.6) is 0 Å². The standard InChI is InChI=1S/C10H20N2O2/c13-8-7-12-5-2-10(3-6-12)1-4-11-9-14/h9-10,13H,1-8H2,(H,11,14). The van der Waals surface area contributed by atoms with Gasteiger partial charge in [0, 0.05) is 13.1 Å². The van der Waals surface area contributed by atoms with E-state index in [0.717, 1.165) is 44.9 Å². The monoisotopic (exact) mass is 200 g/mol. The van der Waals surface area contributed by atoms with Gasteiger partial charge in [0.2, 0.25) is 6.41 Å². The summed E-state index contributed by atoms with van der Waals surface area (Å²) in [6.45, 7) is 4.05. The SMILES string of the molecule is O=CNCCC1CCN(CCO)CC1. The summed E-state index contributed by atoms with van der Waals surface area (Å²) in [5.41, 5.74) is 0. The molecular weight excluding hydrogens is 180 g/mol. The number of amides is 1. The molecule has 1 aliphatic rings. The number of hydrogen-bond donors (Lipinski definition) is 2. The van der Waals surface area contributed by atoms with Crippen molar-refractivity contribution in [1.29, 1.82) is 0 Å². The van der Waals surface area contributed by atoms with Crippen LogP contribution in [0.15, 0.2) is 0 Å². The number of likely N-dealkylation sites (tertiary alicyclic amines) is 1. The van der Waals surface area contributed by atoms with Crippen LogP contribution < -0.4 is 5.32 Å². The number of carbonyl (C=O) groups is 1. The lowest BCUT2D eigenvalue weighted by Crippen LogP contribution is -2.36. The van der Waals surface area contributed by atoms with E-state index in [4.69, 9.17) is 5.11 Å². The maximum absolute atomic E-state index is 10.0. The van der Waals surface area contributed by atoms with Crippen LogP contribution in [0.25, 0.3) is 0 Å². The van der Waals surface area contributed by atoms with Crippen molar-refractivity contribution in [2.24, 2.45) is 5.92 Å². The number of hydrogen-bond acceptors (Lipinski definition) is 3. The molecule has 0 saturated carbocycles. The number of aliphatic hydroxyl groups excluding tert-OH is 1. The van der Waals surface area contributed by atoms with Crippen molar-refractivity contribution in [3.05, 3.63) is 0 Å². The van der Waals surface area contributed by atoms with Crippen LogP contribution in [0.3, 0.4) is 0 Å². The van der Waals surface area contributed by atoms with Gasteiger partial charge >= 0.3 is 0 Å². The zero-order valence-electron chi connectivity index (χ0n) is 8.61. The molecule has 0 aromatic heterocycles. The first kappa shape index (κ1) is 11.5. The second-order valence-corrected chi connectivity index (χ2v) is 3.87. The number of nitrogens with one attached hydrogen (secondary N) is 1. The van der Waals surface area contributed by atoms with E-state index >= 15 is 0 Å². The third-order valence-corrected chi connectivity index (χ3v) is 2.90. The van der Waals surface area contributed by atoms with E-state index in [0.29, 0.717) is 0 Å².